The molecule has 3 aliphatic rings. The van der Waals surface area contributed by atoms with E-state index >= 15 is 0 Å². The molecule has 0 aromatic carbocycles. The lowest BCUT2D eigenvalue weighted by Crippen LogP contribution is -2.42. The molecule has 1 aromatic rings. The Hall–Kier alpha value is -1.59. The molecule has 0 saturated carbocycles. The Bertz CT molecular complexity index is 742. The summed E-state index contributed by atoms with van der Waals surface area (Å²) in [7, 11) is 0. The van der Waals surface area contributed by atoms with Crippen molar-refractivity contribution in [1.82, 2.24) is 5.32 Å². The zero-order valence-corrected chi connectivity index (χ0v) is 14.7. The second-order valence-corrected chi connectivity index (χ2v) is 7.83. The third-order valence-corrected chi connectivity index (χ3v) is 6.13. The van der Waals surface area contributed by atoms with Crippen LogP contribution in [0.5, 0.6) is 0 Å². The zero-order chi connectivity index (χ0) is 16.0. The SMILES string of the molecule is Cc1csc(C)c1C1=CC2=NC(C)(C3CCNCC3)N=CC2=N1. The molecule has 0 amide bonds. The Morgan fingerprint density at radius 2 is 2.00 bits per heavy atom. The maximum Gasteiger partial charge on any atom is 0.151 e. The molecule has 1 aromatic heterocycles. The van der Waals surface area contributed by atoms with Crippen LogP contribution in [0.15, 0.2) is 26.4 Å². The number of allylic oxidation sites excluding steroid dienone is 1. The van der Waals surface area contributed by atoms with E-state index < -0.39 is 0 Å². The van der Waals surface area contributed by atoms with Gasteiger partial charge in [0.15, 0.2) is 5.66 Å². The number of nitrogens with zero attached hydrogens (tertiary/aromatic N) is 3. The topological polar surface area (TPSA) is 49.1 Å². The Balaban J connectivity index is 1.69. The number of fused-ring (bicyclic) bond motifs is 1. The van der Waals surface area contributed by atoms with Gasteiger partial charge in [0.05, 0.1) is 17.6 Å². The molecule has 3 aliphatic heterocycles. The minimum Gasteiger partial charge on any atom is -0.317 e. The number of aliphatic imine (C=N–C) groups is 3. The largest absolute Gasteiger partial charge is 0.317 e. The number of nitrogens with one attached hydrogen (secondary N) is 1. The summed E-state index contributed by atoms with van der Waals surface area (Å²) in [5, 5.41) is 5.62. The second kappa shape index (κ2) is 5.49. The fraction of sp³-hybridized carbons (Fsp3) is 0.500. The first kappa shape index (κ1) is 15.0. The highest BCUT2D eigenvalue weighted by Gasteiger charge is 2.37. The average Bonchev–Trinajstić information content (AvgIpc) is 3.10. The molecule has 120 valence electrons. The average molecular weight is 326 g/mol. The number of aryl methyl sites for hydroxylation is 2. The zero-order valence-electron chi connectivity index (χ0n) is 13.9. The molecular formula is C18H22N4S. The van der Waals surface area contributed by atoms with Gasteiger partial charge in [-0.25, -0.2) is 4.99 Å². The third kappa shape index (κ3) is 2.52. The number of rotatable bonds is 2. The molecule has 0 aliphatic carbocycles. The summed E-state index contributed by atoms with van der Waals surface area (Å²) >= 11 is 1.78. The molecule has 1 saturated heterocycles. The number of hydrogen-bond donors (Lipinski definition) is 1. The highest BCUT2D eigenvalue weighted by Crippen LogP contribution is 2.36. The summed E-state index contributed by atoms with van der Waals surface area (Å²) in [6.45, 7) is 8.60. The Kier molecular flexibility index (Phi) is 3.58. The summed E-state index contributed by atoms with van der Waals surface area (Å²) in [5.74, 6) is 0.510. The van der Waals surface area contributed by atoms with Crippen LogP contribution in [0.1, 0.15) is 35.8 Å². The van der Waals surface area contributed by atoms with E-state index in [0.717, 1.165) is 43.1 Å². The van der Waals surface area contributed by atoms with Gasteiger partial charge in [-0.1, -0.05) is 0 Å². The van der Waals surface area contributed by atoms with Gasteiger partial charge in [-0.3, -0.25) is 9.98 Å². The lowest BCUT2D eigenvalue weighted by Gasteiger charge is -2.35. The molecule has 1 fully saturated rings. The van der Waals surface area contributed by atoms with Gasteiger partial charge >= 0.3 is 0 Å². The van der Waals surface area contributed by atoms with Crippen molar-refractivity contribution >= 4 is 34.7 Å². The summed E-state index contributed by atoms with van der Waals surface area (Å²) in [6.07, 6.45) is 6.35. The molecule has 0 spiro atoms. The molecule has 0 radical (unpaired) electrons. The van der Waals surface area contributed by atoms with Crippen LogP contribution in [0.2, 0.25) is 0 Å². The van der Waals surface area contributed by atoms with Crippen molar-refractivity contribution in [2.45, 2.75) is 39.3 Å². The molecule has 4 rings (SSSR count). The van der Waals surface area contributed by atoms with Crippen molar-refractivity contribution in [2.75, 3.05) is 13.1 Å². The quantitative estimate of drug-likeness (QED) is 0.889. The third-order valence-electron chi connectivity index (χ3n) is 5.10. The maximum atomic E-state index is 5.01. The van der Waals surface area contributed by atoms with Gasteiger partial charge in [0.25, 0.3) is 0 Å². The van der Waals surface area contributed by atoms with Crippen molar-refractivity contribution in [1.29, 1.82) is 0 Å². The van der Waals surface area contributed by atoms with Gasteiger partial charge in [0, 0.05) is 16.4 Å². The second-order valence-electron chi connectivity index (χ2n) is 6.75. The van der Waals surface area contributed by atoms with Crippen molar-refractivity contribution in [3.63, 3.8) is 0 Å². The van der Waals surface area contributed by atoms with E-state index in [9.17, 15) is 0 Å². The van der Waals surface area contributed by atoms with Gasteiger partial charge in [-0.2, -0.15) is 0 Å². The molecule has 4 nitrogen and oxygen atoms in total. The van der Waals surface area contributed by atoms with Gasteiger partial charge in [0.1, 0.15) is 5.71 Å². The van der Waals surface area contributed by atoms with Gasteiger partial charge in [0.2, 0.25) is 0 Å². The predicted molar refractivity (Wildman–Crippen MR) is 99.1 cm³/mol. The summed E-state index contributed by atoms with van der Waals surface area (Å²) < 4.78 is 0. The van der Waals surface area contributed by atoms with Crippen LogP contribution < -0.4 is 5.32 Å². The predicted octanol–water partition coefficient (Wildman–Crippen LogP) is 3.40. The van der Waals surface area contributed by atoms with E-state index in [1.807, 2.05) is 6.21 Å². The molecule has 5 heteroatoms. The Morgan fingerprint density at radius 1 is 1.22 bits per heavy atom. The number of piperidine rings is 1. The van der Waals surface area contributed by atoms with Crippen LogP contribution in [0, 0.1) is 19.8 Å². The molecular weight excluding hydrogens is 304 g/mol. The van der Waals surface area contributed by atoms with Crippen LogP contribution >= 0.6 is 11.3 Å². The fourth-order valence-electron chi connectivity index (χ4n) is 3.72. The molecule has 1 unspecified atom stereocenters. The minimum atomic E-state index is -0.332. The molecule has 1 atom stereocenters. The van der Waals surface area contributed by atoms with Gasteiger partial charge in [-0.05, 0) is 63.7 Å². The van der Waals surface area contributed by atoms with Crippen molar-refractivity contribution in [3.8, 4) is 0 Å². The standard InChI is InChI=1S/C18H22N4S/c1-11-10-23-12(2)17(11)15-8-14-16(21-15)9-20-18(3,22-14)13-4-6-19-7-5-13/h8-10,13,19H,4-7H2,1-3H3. The molecule has 23 heavy (non-hydrogen) atoms. The van der Waals surface area contributed by atoms with Gasteiger partial charge in [-0.15, -0.1) is 11.3 Å². The summed E-state index contributed by atoms with van der Waals surface area (Å²) in [4.78, 5) is 15.9. The van der Waals surface area contributed by atoms with Crippen molar-refractivity contribution < 1.29 is 0 Å². The molecule has 4 heterocycles. The summed E-state index contributed by atoms with van der Waals surface area (Å²) in [5.41, 5.74) is 5.17. The van der Waals surface area contributed by atoms with Crippen molar-refractivity contribution in [3.05, 3.63) is 27.5 Å². The summed E-state index contributed by atoms with van der Waals surface area (Å²) in [6, 6.07) is 0. The van der Waals surface area contributed by atoms with Gasteiger partial charge < -0.3 is 5.32 Å². The number of thiophene rings is 1. The normalized spacial score (nSPS) is 27.5. The van der Waals surface area contributed by atoms with Crippen LogP contribution in [0.3, 0.4) is 0 Å². The first-order valence-electron chi connectivity index (χ1n) is 8.28. The monoisotopic (exact) mass is 326 g/mol. The first-order chi connectivity index (χ1) is 11.1. The van der Waals surface area contributed by atoms with E-state index in [-0.39, 0.29) is 5.66 Å². The van der Waals surface area contributed by atoms with Crippen LogP contribution in [0.25, 0.3) is 5.70 Å². The van der Waals surface area contributed by atoms with Crippen molar-refractivity contribution in [2.24, 2.45) is 20.9 Å². The highest BCUT2D eigenvalue weighted by molar-refractivity contribution is 7.10. The maximum absolute atomic E-state index is 5.01. The lowest BCUT2D eigenvalue weighted by molar-refractivity contribution is 0.244. The molecule has 1 N–H and O–H groups in total. The van der Waals surface area contributed by atoms with Crippen LogP contribution in [0.4, 0.5) is 0 Å². The first-order valence-corrected chi connectivity index (χ1v) is 9.16. The van der Waals surface area contributed by atoms with E-state index in [4.69, 9.17) is 15.0 Å². The lowest BCUT2D eigenvalue weighted by atomic mass is 9.85. The van der Waals surface area contributed by atoms with E-state index in [1.165, 1.54) is 16.0 Å². The van der Waals surface area contributed by atoms with E-state index in [0.29, 0.717) is 5.92 Å². The number of hydrogen-bond acceptors (Lipinski definition) is 5. The van der Waals surface area contributed by atoms with E-state index in [1.54, 1.807) is 11.3 Å². The smallest absolute Gasteiger partial charge is 0.151 e. The van der Waals surface area contributed by atoms with Crippen LogP contribution in [-0.4, -0.2) is 36.4 Å². The highest BCUT2D eigenvalue weighted by atomic mass is 32.1. The Labute approximate surface area is 141 Å². The van der Waals surface area contributed by atoms with Crippen LogP contribution in [-0.2, 0) is 0 Å². The Morgan fingerprint density at radius 3 is 2.70 bits per heavy atom. The minimum absolute atomic E-state index is 0.332. The van der Waals surface area contributed by atoms with E-state index in [2.05, 4.69) is 37.5 Å². The fourth-order valence-corrected chi connectivity index (χ4v) is 4.57. The molecule has 0 bridgehead atoms.